The topological polar surface area (TPSA) is 132 Å². The van der Waals surface area contributed by atoms with E-state index in [4.69, 9.17) is 4.98 Å². The number of piperidine rings is 1. The number of carboxylic acid groups (broad SMARTS) is 1. The summed E-state index contributed by atoms with van der Waals surface area (Å²) in [5.41, 5.74) is 3.40. The summed E-state index contributed by atoms with van der Waals surface area (Å²) in [4.78, 5) is 41.4. The van der Waals surface area contributed by atoms with E-state index in [2.05, 4.69) is 43.0 Å². The molecule has 0 spiro atoms. The zero-order chi connectivity index (χ0) is 26.5. The van der Waals surface area contributed by atoms with Gasteiger partial charge in [-0.2, -0.15) is 0 Å². The molecule has 0 aliphatic carbocycles. The van der Waals surface area contributed by atoms with E-state index >= 15 is 0 Å². The summed E-state index contributed by atoms with van der Waals surface area (Å²) >= 11 is 1.49. The number of carbonyl (C=O) groups excluding carboxylic acids is 1. The van der Waals surface area contributed by atoms with Crippen LogP contribution in [0.5, 0.6) is 0 Å². The molecule has 5 rings (SSSR count). The van der Waals surface area contributed by atoms with Gasteiger partial charge < -0.3 is 26.0 Å². The Morgan fingerprint density at radius 1 is 1.29 bits per heavy atom. The number of pyridine rings is 1. The van der Waals surface area contributed by atoms with Crippen LogP contribution < -0.4 is 16.0 Å². The average Bonchev–Trinajstić information content (AvgIpc) is 3.32. The maximum Gasteiger partial charge on any atom is 0.328 e. The normalized spacial score (nSPS) is 18.4. The summed E-state index contributed by atoms with van der Waals surface area (Å²) in [6.45, 7) is 5.50. The van der Waals surface area contributed by atoms with Crippen LogP contribution in [0.2, 0.25) is 0 Å². The van der Waals surface area contributed by atoms with Crippen molar-refractivity contribution in [2.45, 2.75) is 51.5 Å². The monoisotopic (exact) mass is 537 g/mol. The molecule has 38 heavy (non-hydrogen) atoms. The van der Waals surface area contributed by atoms with Crippen LogP contribution in [0.3, 0.4) is 0 Å². The Hall–Kier alpha value is -3.31. The molecule has 1 fully saturated rings. The third-order valence-corrected chi connectivity index (χ3v) is 8.38. The molecule has 11 heteroatoms. The van der Waals surface area contributed by atoms with Crippen molar-refractivity contribution in [1.82, 2.24) is 25.2 Å². The number of fused-ring (bicyclic) bond motifs is 2. The number of likely N-dealkylation sites (tertiary alicyclic amines) is 1. The van der Waals surface area contributed by atoms with Gasteiger partial charge in [0.1, 0.15) is 28.8 Å². The fourth-order valence-electron chi connectivity index (χ4n) is 5.30. The first-order chi connectivity index (χ1) is 18.5. The van der Waals surface area contributed by atoms with E-state index < -0.39 is 12.0 Å². The number of carbonyl (C=O) groups is 2. The minimum absolute atomic E-state index is 0.0165. The molecule has 2 aliphatic rings. The van der Waals surface area contributed by atoms with Gasteiger partial charge in [-0.05, 0) is 81.1 Å². The molecule has 0 aromatic carbocycles. The van der Waals surface area contributed by atoms with Crippen molar-refractivity contribution in [2.75, 3.05) is 43.4 Å². The summed E-state index contributed by atoms with van der Waals surface area (Å²) < 4.78 is 0. The van der Waals surface area contributed by atoms with Crippen molar-refractivity contribution in [3.63, 3.8) is 0 Å². The molecule has 202 valence electrons. The largest absolute Gasteiger partial charge is 0.480 e. The first-order valence-corrected chi connectivity index (χ1v) is 14.3. The summed E-state index contributed by atoms with van der Waals surface area (Å²) in [7, 11) is 0. The molecule has 2 aliphatic heterocycles. The Labute approximate surface area is 226 Å². The number of nitrogens with zero attached hydrogens (tertiary/aromatic N) is 4. The Balaban J connectivity index is 1.10. The van der Waals surface area contributed by atoms with E-state index in [9.17, 15) is 14.7 Å². The highest BCUT2D eigenvalue weighted by atomic mass is 32.1. The van der Waals surface area contributed by atoms with Crippen LogP contribution in [0.4, 0.5) is 11.6 Å². The molecule has 10 nitrogen and oxygen atoms in total. The number of aliphatic carboxylic acids is 1. The van der Waals surface area contributed by atoms with Crippen LogP contribution in [0, 0.1) is 12.8 Å². The Morgan fingerprint density at radius 2 is 2.18 bits per heavy atom. The third kappa shape index (κ3) is 6.21. The van der Waals surface area contributed by atoms with E-state index in [-0.39, 0.29) is 18.4 Å². The lowest BCUT2D eigenvalue weighted by molar-refractivity contribution is -0.138. The molecule has 5 heterocycles. The van der Waals surface area contributed by atoms with Crippen LogP contribution in [-0.4, -0.2) is 75.6 Å². The van der Waals surface area contributed by atoms with Gasteiger partial charge in [-0.15, -0.1) is 11.3 Å². The van der Waals surface area contributed by atoms with Gasteiger partial charge in [0.05, 0.1) is 11.3 Å². The van der Waals surface area contributed by atoms with Gasteiger partial charge in [0.15, 0.2) is 0 Å². The highest BCUT2D eigenvalue weighted by molar-refractivity contribution is 7.17. The predicted octanol–water partition coefficient (Wildman–Crippen LogP) is 3.08. The molecule has 1 saturated heterocycles. The van der Waals surface area contributed by atoms with Gasteiger partial charge in [-0.25, -0.2) is 19.7 Å². The van der Waals surface area contributed by atoms with Crippen LogP contribution in [0.1, 0.15) is 42.5 Å². The summed E-state index contributed by atoms with van der Waals surface area (Å²) in [6, 6.07) is 3.34. The first kappa shape index (κ1) is 26.3. The molecule has 0 bridgehead atoms. The zero-order valence-corrected chi connectivity index (χ0v) is 22.5. The SMILES string of the molecule is Cc1csc2ncnc(N[C@@H](CNC(=O)[C@@H]3CCCN(CCCc4ccc5c(n4)NCCC5)C3)C(=O)O)c12. The van der Waals surface area contributed by atoms with E-state index in [1.807, 2.05) is 12.3 Å². The van der Waals surface area contributed by atoms with Crippen molar-refractivity contribution in [3.8, 4) is 0 Å². The zero-order valence-electron chi connectivity index (χ0n) is 21.7. The number of hydrogen-bond donors (Lipinski definition) is 4. The molecule has 0 unspecified atom stereocenters. The Kier molecular flexibility index (Phi) is 8.33. The second-order valence-corrected chi connectivity index (χ2v) is 11.0. The quantitative estimate of drug-likeness (QED) is 0.308. The summed E-state index contributed by atoms with van der Waals surface area (Å²) in [6.07, 6.45) is 7.34. The lowest BCUT2D eigenvalue weighted by atomic mass is 9.96. The van der Waals surface area contributed by atoms with Gasteiger partial charge in [0, 0.05) is 25.3 Å². The molecule has 3 aromatic rings. The smallest absolute Gasteiger partial charge is 0.328 e. The first-order valence-electron chi connectivity index (χ1n) is 13.4. The highest BCUT2D eigenvalue weighted by Crippen LogP contribution is 2.28. The van der Waals surface area contributed by atoms with E-state index in [1.165, 1.54) is 23.2 Å². The number of nitrogens with one attached hydrogen (secondary N) is 3. The highest BCUT2D eigenvalue weighted by Gasteiger charge is 2.27. The number of aryl methyl sites for hydroxylation is 3. The van der Waals surface area contributed by atoms with Gasteiger partial charge in [-0.3, -0.25) is 4.79 Å². The molecule has 3 aromatic heterocycles. The average molecular weight is 538 g/mol. The Bertz CT molecular complexity index is 1300. The minimum atomic E-state index is -1.04. The maximum atomic E-state index is 13.0. The van der Waals surface area contributed by atoms with Crippen LogP contribution in [-0.2, 0) is 22.4 Å². The third-order valence-electron chi connectivity index (χ3n) is 7.38. The van der Waals surface area contributed by atoms with Gasteiger partial charge in [0.2, 0.25) is 5.91 Å². The number of rotatable bonds is 10. The van der Waals surface area contributed by atoms with E-state index in [1.54, 1.807) is 0 Å². The van der Waals surface area contributed by atoms with Gasteiger partial charge in [-0.1, -0.05) is 6.07 Å². The van der Waals surface area contributed by atoms with Crippen molar-refractivity contribution in [3.05, 3.63) is 40.7 Å². The fourth-order valence-corrected chi connectivity index (χ4v) is 6.19. The van der Waals surface area contributed by atoms with Crippen molar-refractivity contribution >= 4 is 45.1 Å². The molecular formula is C27H35N7O3S. The van der Waals surface area contributed by atoms with E-state index in [0.29, 0.717) is 12.4 Å². The lowest BCUT2D eigenvalue weighted by Crippen LogP contribution is -2.47. The van der Waals surface area contributed by atoms with Gasteiger partial charge >= 0.3 is 5.97 Å². The predicted molar refractivity (Wildman–Crippen MR) is 149 cm³/mol. The number of amides is 1. The van der Waals surface area contributed by atoms with Gasteiger partial charge in [0.25, 0.3) is 0 Å². The number of hydrogen-bond acceptors (Lipinski definition) is 9. The number of anilines is 2. The van der Waals surface area contributed by atoms with E-state index in [0.717, 1.165) is 85.5 Å². The maximum absolute atomic E-state index is 13.0. The number of aromatic nitrogens is 3. The second kappa shape index (κ2) is 12.0. The molecule has 0 saturated carbocycles. The van der Waals surface area contributed by atoms with Crippen LogP contribution in [0.25, 0.3) is 10.2 Å². The fraction of sp³-hybridized carbons (Fsp3) is 0.519. The summed E-state index contributed by atoms with van der Waals surface area (Å²) in [5.74, 6) is 0.232. The standard InChI is InChI=1S/C27H35N7O3S/c1-17-15-38-26-22(17)24(30-16-31-26)33-21(27(36)37)13-29-25(35)19-6-3-11-34(14-19)12-4-7-20-9-8-18-5-2-10-28-23(18)32-20/h8-9,15-16,19,21H,2-7,10-14H2,1H3,(H,28,32)(H,29,35)(H,36,37)(H,30,31,33)/t19-,21+/m1/s1. The lowest BCUT2D eigenvalue weighted by Gasteiger charge is -2.32. The van der Waals surface area contributed by atoms with Crippen molar-refractivity contribution in [2.24, 2.45) is 5.92 Å². The van der Waals surface area contributed by atoms with Crippen LogP contribution in [0.15, 0.2) is 23.8 Å². The second-order valence-electron chi connectivity index (χ2n) is 10.2. The van der Waals surface area contributed by atoms with Crippen molar-refractivity contribution in [1.29, 1.82) is 0 Å². The molecular weight excluding hydrogens is 502 g/mol. The Morgan fingerprint density at radius 3 is 3.05 bits per heavy atom. The minimum Gasteiger partial charge on any atom is -0.480 e. The molecule has 1 amide bonds. The van der Waals surface area contributed by atoms with Crippen molar-refractivity contribution < 1.29 is 14.7 Å². The molecule has 0 radical (unpaired) electrons. The molecule has 2 atom stereocenters. The summed E-state index contributed by atoms with van der Waals surface area (Å²) in [5, 5.41) is 21.8. The molecule has 4 N–H and O–H groups in total. The number of thiophene rings is 1. The number of carboxylic acids is 1. The van der Waals surface area contributed by atoms with Crippen LogP contribution >= 0.6 is 11.3 Å².